The topological polar surface area (TPSA) is 53.6 Å². The molecule has 5 nitrogen and oxygen atoms in total. The van der Waals surface area contributed by atoms with E-state index in [2.05, 4.69) is 10.6 Å². The van der Waals surface area contributed by atoms with Gasteiger partial charge in [0.1, 0.15) is 6.04 Å². The van der Waals surface area contributed by atoms with Crippen LogP contribution in [0.1, 0.15) is 26.2 Å². The fourth-order valence-electron chi connectivity index (χ4n) is 3.00. The summed E-state index contributed by atoms with van der Waals surface area (Å²) in [5.41, 5.74) is 0. The van der Waals surface area contributed by atoms with Crippen molar-refractivity contribution in [1.29, 1.82) is 0 Å². The molecule has 1 amide bonds. The number of morpholine rings is 1. The van der Waals surface area contributed by atoms with Crippen molar-refractivity contribution in [2.24, 2.45) is 5.92 Å². The first kappa shape index (κ1) is 14.8. The second kappa shape index (κ2) is 7.22. The Labute approximate surface area is 116 Å². The van der Waals surface area contributed by atoms with Crippen LogP contribution in [-0.4, -0.2) is 62.8 Å². The molecule has 0 bridgehead atoms. The van der Waals surface area contributed by atoms with Gasteiger partial charge in [0.05, 0.1) is 12.7 Å². The Hall–Kier alpha value is -0.650. The first-order valence-electron chi connectivity index (χ1n) is 7.50. The van der Waals surface area contributed by atoms with E-state index in [0.717, 1.165) is 44.9 Å². The van der Waals surface area contributed by atoms with E-state index in [1.54, 1.807) is 0 Å². The smallest absolute Gasteiger partial charge is 0.242 e. The summed E-state index contributed by atoms with van der Waals surface area (Å²) >= 11 is 0. The van der Waals surface area contributed by atoms with Crippen LogP contribution < -0.4 is 10.6 Å². The van der Waals surface area contributed by atoms with E-state index >= 15 is 0 Å². The van der Waals surface area contributed by atoms with E-state index in [0.29, 0.717) is 6.61 Å². The van der Waals surface area contributed by atoms with E-state index in [-0.39, 0.29) is 18.1 Å². The van der Waals surface area contributed by atoms with Crippen molar-refractivity contribution >= 4 is 5.91 Å². The van der Waals surface area contributed by atoms with E-state index in [4.69, 9.17) is 4.74 Å². The molecule has 2 saturated heterocycles. The molecule has 0 spiro atoms. The standard InChI is InChI=1S/C14H27N3O2/c1-11-13(16-7-10-19-11)14(18)17-8-4-12(5-9-17)3-6-15-2/h11-13,15-16H,3-10H2,1-2H3/t11-,13+/m1/s1. The minimum absolute atomic E-state index is 0.0109. The lowest BCUT2D eigenvalue weighted by molar-refractivity contribution is -0.140. The van der Waals surface area contributed by atoms with Gasteiger partial charge >= 0.3 is 0 Å². The van der Waals surface area contributed by atoms with Crippen LogP contribution in [0.25, 0.3) is 0 Å². The lowest BCUT2D eigenvalue weighted by atomic mass is 9.93. The Bertz CT molecular complexity index is 290. The van der Waals surface area contributed by atoms with Gasteiger partial charge in [-0.3, -0.25) is 4.79 Å². The molecule has 0 radical (unpaired) electrons. The van der Waals surface area contributed by atoms with Gasteiger partial charge in [-0.2, -0.15) is 0 Å². The molecule has 0 aromatic heterocycles. The van der Waals surface area contributed by atoms with Crippen molar-refractivity contribution in [3.63, 3.8) is 0 Å². The molecule has 110 valence electrons. The summed E-state index contributed by atoms with van der Waals surface area (Å²) in [6.07, 6.45) is 3.48. The highest BCUT2D eigenvalue weighted by Gasteiger charge is 2.33. The largest absolute Gasteiger partial charge is 0.375 e. The van der Waals surface area contributed by atoms with E-state index in [1.165, 1.54) is 6.42 Å². The van der Waals surface area contributed by atoms with Gasteiger partial charge in [-0.05, 0) is 45.7 Å². The van der Waals surface area contributed by atoms with Crippen LogP contribution in [0.5, 0.6) is 0 Å². The van der Waals surface area contributed by atoms with Gasteiger partial charge in [0.15, 0.2) is 0 Å². The molecule has 19 heavy (non-hydrogen) atoms. The van der Waals surface area contributed by atoms with Crippen LogP contribution in [-0.2, 0) is 9.53 Å². The van der Waals surface area contributed by atoms with Crippen LogP contribution >= 0.6 is 0 Å². The number of nitrogens with one attached hydrogen (secondary N) is 2. The molecule has 0 unspecified atom stereocenters. The predicted molar refractivity (Wildman–Crippen MR) is 75.1 cm³/mol. The normalized spacial score (nSPS) is 29.5. The van der Waals surface area contributed by atoms with Gasteiger partial charge in [-0.15, -0.1) is 0 Å². The van der Waals surface area contributed by atoms with Crippen molar-refractivity contribution in [1.82, 2.24) is 15.5 Å². The Kier molecular flexibility index (Phi) is 5.60. The fraction of sp³-hybridized carbons (Fsp3) is 0.929. The Morgan fingerprint density at radius 1 is 1.42 bits per heavy atom. The highest BCUT2D eigenvalue weighted by atomic mass is 16.5. The third-order valence-electron chi connectivity index (χ3n) is 4.31. The minimum Gasteiger partial charge on any atom is -0.375 e. The lowest BCUT2D eigenvalue weighted by Crippen LogP contribution is -2.57. The van der Waals surface area contributed by atoms with E-state index in [1.807, 2.05) is 18.9 Å². The van der Waals surface area contributed by atoms with Crippen LogP contribution in [0.2, 0.25) is 0 Å². The third-order valence-corrected chi connectivity index (χ3v) is 4.31. The zero-order valence-corrected chi connectivity index (χ0v) is 12.2. The number of carbonyl (C=O) groups is 1. The molecule has 2 aliphatic heterocycles. The number of piperidine rings is 1. The number of likely N-dealkylation sites (tertiary alicyclic amines) is 1. The summed E-state index contributed by atoms with van der Waals surface area (Å²) in [7, 11) is 1.99. The average Bonchev–Trinajstić information content (AvgIpc) is 2.45. The van der Waals surface area contributed by atoms with Crippen molar-refractivity contribution in [3.05, 3.63) is 0 Å². The average molecular weight is 269 g/mol. The van der Waals surface area contributed by atoms with Crippen molar-refractivity contribution < 1.29 is 9.53 Å². The Morgan fingerprint density at radius 2 is 2.16 bits per heavy atom. The fourth-order valence-corrected chi connectivity index (χ4v) is 3.00. The molecule has 2 N–H and O–H groups in total. The van der Waals surface area contributed by atoms with Gasteiger partial charge in [0.25, 0.3) is 0 Å². The maximum absolute atomic E-state index is 12.5. The summed E-state index contributed by atoms with van der Waals surface area (Å²) in [5, 5.41) is 6.48. The highest BCUT2D eigenvalue weighted by Crippen LogP contribution is 2.21. The highest BCUT2D eigenvalue weighted by molar-refractivity contribution is 5.82. The quantitative estimate of drug-likeness (QED) is 0.766. The van der Waals surface area contributed by atoms with Gasteiger partial charge in [-0.25, -0.2) is 0 Å². The van der Waals surface area contributed by atoms with Crippen LogP contribution in [0, 0.1) is 5.92 Å². The molecular weight excluding hydrogens is 242 g/mol. The number of hydrogen-bond donors (Lipinski definition) is 2. The number of ether oxygens (including phenoxy) is 1. The van der Waals surface area contributed by atoms with Crippen LogP contribution in [0.4, 0.5) is 0 Å². The molecule has 0 saturated carbocycles. The predicted octanol–water partition coefficient (Wildman–Crippen LogP) is 0.211. The molecule has 2 fully saturated rings. The third kappa shape index (κ3) is 3.91. The van der Waals surface area contributed by atoms with Gasteiger partial charge < -0.3 is 20.3 Å². The molecule has 2 atom stereocenters. The molecule has 0 aliphatic carbocycles. The molecule has 2 rings (SSSR count). The minimum atomic E-state index is -0.150. The SMILES string of the molecule is CNCCC1CCN(C(=O)[C@H]2NCCO[C@@H]2C)CC1. The van der Waals surface area contributed by atoms with Crippen molar-refractivity contribution in [2.45, 2.75) is 38.3 Å². The summed E-state index contributed by atoms with van der Waals surface area (Å²) < 4.78 is 5.56. The molecule has 0 aromatic carbocycles. The monoisotopic (exact) mass is 269 g/mol. The Balaban J connectivity index is 1.78. The number of amides is 1. The second-order valence-electron chi connectivity index (χ2n) is 5.67. The molecule has 2 aliphatic rings. The van der Waals surface area contributed by atoms with E-state index in [9.17, 15) is 4.79 Å². The summed E-state index contributed by atoms with van der Waals surface area (Å²) in [6, 6.07) is -0.150. The number of rotatable bonds is 4. The maximum Gasteiger partial charge on any atom is 0.242 e. The number of carbonyl (C=O) groups excluding carboxylic acids is 1. The number of nitrogens with zero attached hydrogens (tertiary/aromatic N) is 1. The van der Waals surface area contributed by atoms with Crippen molar-refractivity contribution in [3.8, 4) is 0 Å². The molecule has 0 aromatic rings. The Morgan fingerprint density at radius 3 is 2.79 bits per heavy atom. The van der Waals surface area contributed by atoms with E-state index < -0.39 is 0 Å². The van der Waals surface area contributed by atoms with Crippen molar-refractivity contribution in [2.75, 3.05) is 39.8 Å². The molecule has 2 heterocycles. The first-order chi connectivity index (χ1) is 9.22. The maximum atomic E-state index is 12.5. The molecular formula is C14H27N3O2. The molecule has 5 heteroatoms. The second-order valence-corrected chi connectivity index (χ2v) is 5.67. The van der Waals surface area contributed by atoms with Crippen LogP contribution in [0.15, 0.2) is 0 Å². The number of hydrogen-bond acceptors (Lipinski definition) is 4. The summed E-state index contributed by atoms with van der Waals surface area (Å²) in [6.45, 7) is 6.34. The van der Waals surface area contributed by atoms with Gasteiger partial charge in [-0.1, -0.05) is 0 Å². The van der Waals surface area contributed by atoms with Crippen LogP contribution in [0.3, 0.4) is 0 Å². The first-order valence-corrected chi connectivity index (χ1v) is 7.50. The lowest BCUT2D eigenvalue weighted by Gasteiger charge is -2.37. The van der Waals surface area contributed by atoms with Gasteiger partial charge in [0.2, 0.25) is 5.91 Å². The zero-order chi connectivity index (χ0) is 13.7. The summed E-state index contributed by atoms with van der Waals surface area (Å²) in [4.78, 5) is 14.5. The zero-order valence-electron chi connectivity index (χ0n) is 12.2. The summed E-state index contributed by atoms with van der Waals surface area (Å²) in [5.74, 6) is 0.990. The van der Waals surface area contributed by atoms with Gasteiger partial charge in [0, 0.05) is 19.6 Å².